The number of nitrogens with zero attached hydrogens (tertiary/aromatic N) is 1. The van der Waals surface area contributed by atoms with E-state index in [-0.39, 0.29) is 17.8 Å². The number of fused-ring (bicyclic) bond motifs is 1. The van der Waals surface area contributed by atoms with Gasteiger partial charge < -0.3 is 10.6 Å². The lowest BCUT2D eigenvalue weighted by molar-refractivity contribution is 0.0794. The van der Waals surface area contributed by atoms with Crippen molar-refractivity contribution in [3.05, 3.63) is 35.0 Å². The molecule has 0 fully saturated rings. The zero-order valence-electron chi connectivity index (χ0n) is 12.6. The maximum atomic E-state index is 13.2. The molecule has 1 unspecified atom stereocenters. The van der Waals surface area contributed by atoms with E-state index in [0.29, 0.717) is 17.3 Å². The second kappa shape index (κ2) is 6.54. The van der Waals surface area contributed by atoms with Crippen molar-refractivity contribution in [2.24, 2.45) is 11.7 Å². The van der Waals surface area contributed by atoms with Crippen LogP contribution >= 0.6 is 11.3 Å². The van der Waals surface area contributed by atoms with Gasteiger partial charge in [-0.05, 0) is 35.9 Å². The van der Waals surface area contributed by atoms with E-state index in [1.807, 2.05) is 6.07 Å². The molecule has 21 heavy (non-hydrogen) atoms. The molecule has 0 bridgehead atoms. The number of halogens is 1. The van der Waals surface area contributed by atoms with Crippen LogP contribution in [0.4, 0.5) is 4.39 Å². The van der Waals surface area contributed by atoms with Crippen LogP contribution in [0, 0.1) is 11.7 Å². The number of carbonyl (C=O) groups excluding carboxylic acids is 1. The number of hydrogen-bond donors (Lipinski definition) is 1. The summed E-state index contributed by atoms with van der Waals surface area (Å²) in [6, 6.07) is 6.49. The molecule has 0 spiro atoms. The van der Waals surface area contributed by atoms with E-state index in [1.165, 1.54) is 23.5 Å². The first-order valence-electron chi connectivity index (χ1n) is 7.08. The van der Waals surface area contributed by atoms with Crippen molar-refractivity contribution >= 4 is 27.3 Å². The van der Waals surface area contributed by atoms with Gasteiger partial charge in [0.25, 0.3) is 5.91 Å². The van der Waals surface area contributed by atoms with Crippen LogP contribution < -0.4 is 5.73 Å². The Morgan fingerprint density at radius 2 is 2.10 bits per heavy atom. The topological polar surface area (TPSA) is 46.3 Å². The molecule has 1 amide bonds. The van der Waals surface area contributed by atoms with Crippen LogP contribution in [0.5, 0.6) is 0 Å². The lowest BCUT2D eigenvalue weighted by atomic mass is 10.0. The van der Waals surface area contributed by atoms with Crippen LogP contribution in [-0.4, -0.2) is 30.4 Å². The van der Waals surface area contributed by atoms with Crippen molar-refractivity contribution in [1.82, 2.24) is 4.90 Å². The van der Waals surface area contributed by atoms with Crippen molar-refractivity contribution in [3.63, 3.8) is 0 Å². The fourth-order valence-corrected chi connectivity index (χ4v) is 3.16. The lowest BCUT2D eigenvalue weighted by Crippen LogP contribution is -2.34. The van der Waals surface area contributed by atoms with Crippen LogP contribution in [0.3, 0.4) is 0 Å². The average Bonchev–Trinajstić information content (AvgIpc) is 2.86. The van der Waals surface area contributed by atoms with Gasteiger partial charge in [-0.15, -0.1) is 11.3 Å². The fraction of sp³-hybridized carbons (Fsp3) is 0.438. The van der Waals surface area contributed by atoms with Gasteiger partial charge in [-0.2, -0.15) is 0 Å². The number of rotatable bonds is 5. The Bertz CT molecular complexity index is 638. The monoisotopic (exact) mass is 308 g/mol. The molecule has 1 aromatic heterocycles. The van der Waals surface area contributed by atoms with E-state index in [0.717, 1.165) is 16.5 Å². The number of hydrogen-bond acceptors (Lipinski definition) is 3. The first kappa shape index (κ1) is 15.9. The van der Waals surface area contributed by atoms with Crippen molar-refractivity contribution in [2.75, 3.05) is 13.6 Å². The van der Waals surface area contributed by atoms with Gasteiger partial charge in [-0.25, -0.2) is 4.39 Å². The normalized spacial score (nSPS) is 12.9. The van der Waals surface area contributed by atoms with Crippen molar-refractivity contribution in [3.8, 4) is 0 Å². The molecule has 2 N–H and O–H groups in total. The Morgan fingerprint density at radius 1 is 1.38 bits per heavy atom. The highest BCUT2D eigenvalue weighted by molar-refractivity contribution is 7.20. The SMILES string of the molecule is CC(C)C(N)CCN(C)C(=O)c1cc2ccc(F)cc2s1. The molecule has 1 atom stereocenters. The third-order valence-corrected chi connectivity index (χ3v) is 4.78. The van der Waals surface area contributed by atoms with E-state index in [2.05, 4.69) is 13.8 Å². The summed E-state index contributed by atoms with van der Waals surface area (Å²) in [5.41, 5.74) is 6.00. The first-order valence-corrected chi connectivity index (χ1v) is 7.90. The number of nitrogens with two attached hydrogens (primary N) is 1. The second-order valence-corrected chi connectivity index (χ2v) is 6.80. The van der Waals surface area contributed by atoms with E-state index in [9.17, 15) is 9.18 Å². The fourth-order valence-electron chi connectivity index (χ4n) is 2.08. The van der Waals surface area contributed by atoms with Gasteiger partial charge in [-0.3, -0.25) is 4.79 Å². The standard InChI is InChI=1S/C16H21FN2OS/c1-10(2)13(18)6-7-19(3)16(20)15-8-11-4-5-12(17)9-14(11)21-15/h4-5,8-10,13H,6-7,18H2,1-3H3. The minimum atomic E-state index is -0.278. The molecule has 0 radical (unpaired) electrons. The summed E-state index contributed by atoms with van der Waals surface area (Å²) in [7, 11) is 1.78. The van der Waals surface area contributed by atoms with Crippen LogP contribution in [0.25, 0.3) is 10.1 Å². The van der Waals surface area contributed by atoms with Gasteiger partial charge in [0.05, 0.1) is 4.88 Å². The average molecular weight is 308 g/mol. The van der Waals surface area contributed by atoms with Crippen molar-refractivity contribution < 1.29 is 9.18 Å². The molecule has 2 aromatic rings. The Labute approximate surface area is 128 Å². The largest absolute Gasteiger partial charge is 0.341 e. The van der Waals surface area contributed by atoms with E-state index in [4.69, 9.17) is 5.73 Å². The van der Waals surface area contributed by atoms with Crippen LogP contribution in [-0.2, 0) is 0 Å². The number of carbonyl (C=O) groups is 1. The van der Waals surface area contributed by atoms with Gasteiger partial charge >= 0.3 is 0 Å². The van der Waals surface area contributed by atoms with Crippen molar-refractivity contribution in [1.29, 1.82) is 0 Å². The van der Waals surface area contributed by atoms with E-state index < -0.39 is 0 Å². The highest BCUT2D eigenvalue weighted by atomic mass is 32.1. The maximum Gasteiger partial charge on any atom is 0.263 e. The second-order valence-electron chi connectivity index (χ2n) is 5.72. The van der Waals surface area contributed by atoms with Gasteiger partial charge in [0.1, 0.15) is 5.82 Å². The van der Waals surface area contributed by atoms with Gasteiger partial charge in [0, 0.05) is 24.3 Å². The molecular formula is C16H21FN2OS. The minimum absolute atomic E-state index is 0.0347. The Morgan fingerprint density at radius 3 is 2.76 bits per heavy atom. The summed E-state index contributed by atoms with van der Waals surface area (Å²) in [5.74, 6) is 0.0907. The molecule has 0 aliphatic rings. The summed E-state index contributed by atoms with van der Waals surface area (Å²) < 4.78 is 14.0. The molecule has 0 aliphatic carbocycles. The Kier molecular flexibility index (Phi) is 4.96. The first-order chi connectivity index (χ1) is 9.88. The highest BCUT2D eigenvalue weighted by Crippen LogP contribution is 2.27. The molecule has 114 valence electrons. The van der Waals surface area contributed by atoms with Gasteiger partial charge in [0.15, 0.2) is 0 Å². The van der Waals surface area contributed by atoms with Gasteiger partial charge in [0.2, 0.25) is 0 Å². The summed E-state index contributed by atoms with van der Waals surface area (Å²) >= 11 is 1.33. The molecule has 1 aromatic carbocycles. The molecule has 0 aliphatic heterocycles. The summed E-state index contributed by atoms with van der Waals surface area (Å²) in [5, 5.41) is 0.900. The molecule has 2 rings (SSSR count). The number of amides is 1. The molecule has 0 saturated carbocycles. The van der Waals surface area contributed by atoms with Crippen LogP contribution in [0.2, 0.25) is 0 Å². The van der Waals surface area contributed by atoms with Crippen LogP contribution in [0.1, 0.15) is 29.9 Å². The summed E-state index contributed by atoms with van der Waals surface area (Å²) in [6.07, 6.45) is 0.777. The van der Waals surface area contributed by atoms with Crippen LogP contribution in [0.15, 0.2) is 24.3 Å². The Hall–Kier alpha value is -1.46. The zero-order chi connectivity index (χ0) is 15.6. The quantitative estimate of drug-likeness (QED) is 0.919. The van der Waals surface area contributed by atoms with E-state index in [1.54, 1.807) is 18.0 Å². The highest BCUT2D eigenvalue weighted by Gasteiger charge is 2.16. The number of thiophene rings is 1. The summed E-state index contributed by atoms with van der Waals surface area (Å²) in [6.45, 7) is 4.78. The third-order valence-electron chi connectivity index (χ3n) is 3.69. The predicted molar refractivity (Wildman–Crippen MR) is 86.2 cm³/mol. The van der Waals surface area contributed by atoms with Gasteiger partial charge in [-0.1, -0.05) is 19.9 Å². The van der Waals surface area contributed by atoms with E-state index >= 15 is 0 Å². The maximum absolute atomic E-state index is 13.2. The minimum Gasteiger partial charge on any atom is -0.341 e. The summed E-state index contributed by atoms with van der Waals surface area (Å²) in [4.78, 5) is 14.7. The number of benzene rings is 1. The van der Waals surface area contributed by atoms with Crippen molar-refractivity contribution in [2.45, 2.75) is 26.3 Å². The molecule has 0 saturated heterocycles. The lowest BCUT2D eigenvalue weighted by Gasteiger charge is -2.21. The smallest absolute Gasteiger partial charge is 0.263 e. The Balaban J connectivity index is 2.07. The molecule has 1 heterocycles. The zero-order valence-corrected chi connectivity index (χ0v) is 13.4. The third kappa shape index (κ3) is 3.80. The molecule has 3 nitrogen and oxygen atoms in total. The molecular weight excluding hydrogens is 287 g/mol. The predicted octanol–water partition coefficient (Wildman–Crippen LogP) is 3.49. The molecule has 5 heteroatoms.